The van der Waals surface area contributed by atoms with Crippen LogP contribution >= 0.6 is 11.6 Å². The SMILES string of the molecule is C/C(C(=O)O)=C(\C)C(=O)Nc1ccc(C)cc1Cl. The van der Waals surface area contributed by atoms with Gasteiger partial charge in [-0.1, -0.05) is 17.7 Å². The topological polar surface area (TPSA) is 66.4 Å². The van der Waals surface area contributed by atoms with Crippen LogP contribution in [0.5, 0.6) is 0 Å². The fourth-order valence-corrected chi connectivity index (χ4v) is 1.55. The lowest BCUT2D eigenvalue weighted by atomic mass is 10.1. The number of carbonyl (C=O) groups is 2. The minimum atomic E-state index is -1.11. The molecule has 1 aromatic carbocycles. The second kappa shape index (κ2) is 5.69. The molecule has 1 aromatic rings. The van der Waals surface area contributed by atoms with Gasteiger partial charge >= 0.3 is 5.97 Å². The van der Waals surface area contributed by atoms with Crippen molar-refractivity contribution in [2.24, 2.45) is 0 Å². The third-order valence-corrected chi connectivity index (χ3v) is 2.91. The summed E-state index contributed by atoms with van der Waals surface area (Å²) in [6.45, 7) is 4.73. The van der Waals surface area contributed by atoms with Gasteiger partial charge in [0, 0.05) is 11.1 Å². The van der Waals surface area contributed by atoms with E-state index in [9.17, 15) is 9.59 Å². The Morgan fingerprint density at radius 1 is 1.22 bits per heavy atom. The molecule has 0 spiro atoms. The predicted octanol–water partition coefficient (Wildman–Crippen LogP) is 3.01. The summed E-state index contributed by atoms with van der Waals surface area (Å²) in [5.41, 5.74) is 1.60. The quantitative estimate of drug-likeness (QED) is 0.828. The van der Waals surface area contributed by atoms with Crippen LogP contribution < -0.4 is 5.32 Å². The molecule has 1 amide bonds. The van der Waals surface area contributed by atoms with Crippen molar-refractivity contribution >= 4 is 29.2 Å². The molecule has 5 heteroatoms. The standard InChI is InChI=1S/C13H14ClNO3/c1-7-4-5-11(10(14)6-7)15-12(16)8(2)9(3)13(17)18/h4-6H,1-3H3,(H,15,16)(H,17,18)/b9-8-. The maximum absolute atomic E-state index is 11.8. The molecule has 0 fully saturated rings. The first-order valence-corrected chi connectivity index (χ1v) is 5.69. The number of aliphatic carboxylic acids is 1. The molecule has 2 N–H and O–H groups in total. The maximum atomic E-state index is 11.8. The summed E-state index contributed by atoms with van der Waals surface area (Å²) >= 11 is 5.97. The molecule has 0 aliphatic carbocycles. The van der Waals surface area contributed by atoms with E-state index in [2.05, 4.69) is 5.32 Å². The fraction of sp³-hybridized carbons (Fsp3) is 0.231. The Kier molecular flexibility index (Phi) is 4.50. The first-order valence-electron chi connectivity index (χ1n) is 5.31. The van der Waals surface area contributed by atoms with Gasteiger partial charge in [-0.05, 0) is 38.5 Å². The Balaban J connectivity index is 2.95. The Morgan fingerprint density at radius 2 is 1.83 bits per heavy atom. The number of aryl methyl sites for hydroxylation is 1. The Hall–Kier alpha value is -1.81. The second-order valence-electron chi connectivity index (χ2n) is 3.99. The van der Waals surface area contributed by atoms with E-state index in [1.807, 2.05) is 13.0 Å². The number of anilines is 1. The first kappa shape index (κ1) is 14.3. The zero-order valence-electron chi connectivity index (χ0n) is 10.4. The van der Waals surface area contributed by atoms with Crippen LogP contribution in [0.4, 0.5) is 5.69 Å². The van der Waals surface area contributed by atoms with Gasteiger partial charge in [0.2, 0.25) is 0 Å². The van der Waals surface area contributed by atoms with Crippen LogP contribution in [0.2, 0.25) is 5.02 Å². The van der Waals surface area contributed by atoms with Gasteiger partial charge in [0.1, 0.15) is 0 Å². The molecule has 0 aromatic heterocycles. The third kappa shape index (κ3) is 3.34. The van der Waals surface area contributed by atoms with Crippen molar-refractivity contribution in [3.8, 4) is 0 Å². The van der Waals surface area contributed by atoms with Crippen molar-refractivity contribution in [1.29, 1.82) is 0 Å². The van der Waals surface area contributed by atoms with Crippen LogP contribution in [0.1, 0.15) is 19.4 Å². The zero-order chi connectivity index (χ0) is 13.9. The number of hydrogen-bond acceptors (Lipinski definition) is 2. The highest BCUT2D eigenvalue weighted by molar-refractivity contribution is 6.34. The summed E-state index contributed by atoms with van der Waals surface area (Å²) in [7, 11) is 0. The van der Waals surface area contributed by atoms with E-state index in [1.165, 1.54) is 13.8 Å². The maximum Gasteiger partial charge on any atom is 0.331 e. The molecular weight excluding hydrogens is 254 g/mol. The van der Waals surface area contributed by atoms with E-state index in [0.717, 1.165) is 5.56 Å². The first-order chi connectivity index (χ1) is 8.32. The Morgan fingerprint density at radius 3 is 2.33 bits per heavy atom. The number of carboxylic acids is 1. The largest absolute Gasteiger partial charge is 0.478 e. The number of rotatable bonds is 3. The number of amides is 1. The minimum absolute atomic E-state index is 0.00994. The summed E-state index contributed by atoms with van der Waals surface area (Å²) < 4.78 is 0. The van der Waals surface area contributed by atoms with Crippen molar-refractivity contribution in [3.63, 3.8) is 0 Å². The molecule has 0 aliphatic rings. The van der Waals surface area contributed by atoms with Gasteiger partial charge in [-0.15, -0.1) is 0 Å². The van der Waals surface area contributed by atoms with E-state index in [0.29, 0.717) is 10.7 Å². The monoisotopic (exact) mass is 267 g/mol. The summed E-state index contributed by atoms with van der Waals surface area (Å²) in [5, 5.41) is 11.8. The summed E-state index contributed by atoms with van der Waals surface area (Å²) in [6, 6.07) is 5.21. The molecule has 1 rings (SSSR count). The molecule has 0 unspecified atom stereocenters. The van der Waals surface area contributed by atoms with Crippen LogP contribution in [0, 0.1) is 6.92 Å². The molecule has 0 aliphatic heterocycles. The van der Waals surface area contributed by atoms with Crippen LogP contribution in [0.25, 0.3) is 0 Å². The number of carboxylic acid groups (broad SMARTS) is 1. The van der Waals surface area contributed by atoms with Crippen LogP contribution in [0.3, 0.4) is 0 Å². The lowest BCUT2D eigenvalue weighted by Gasteiger charge is -2.09. The van der Waals surface area contributed by atoms with Gasteiger partial charge in [-0.25, -0.2) is 4.79 Å². The van der Waals surface area contributed by atoms with E-state index in [1.54, 1.807) is 12.1 Å². The summed E-state index contributed by atoms with van der Waals surface area (Å²) in [6.07, 6.45) is 0. The van der Waals surface area contributed by atoms with Crippen molar-refractivity contribution in [3.05, 3.63) is 39.9 Å². The molecule has 96 valence electrons. The molecule has 0 atom stereocenters. The van der Waals surface area contributed by atoms with Crippen molar-refractivity contribution < 1.29 is 14.7 Å². The van der Waals surface area contributed by atoms with Gasteiger partial charge < -0.3 is 10.4 Å². The van der Waals surface area contributed by atoms with Crippen molar-refractivity contribution in [2.45, 2.75) is 20.8 Å². The molecule has 0 saturated carbocycles. The molecule has 0 saturated heterocycles. The van der Waals surface area contributed by atoms with E-state index in [4.69, 9.17) is 16.7 Å². The average Bonchev–Trinajstić information content (AvgIpc) is 2.30. The predicted molar refractivity (Wildman–Crippen MR) is 70.8 cm³/mol. The summed E-state index contributed by atoms with van der Waals surface area (Å²) in [5.74, 6) is -1.58. The fourth-order valence-electron chi connectivity index (χ4n) is 1.27. The number of nitrogens with one attached hydrogen (secondary N) is 1. The highest BCUT2D eigenvalue weighted by atomic mass is 35.5. The van der Waals surface area contributed by atoms with Crippen LogP contribution in [-0.2, 0) is 9.59 Å². The number of benzene rings is 1. The lowest BCUT2D eigenvalue weighted by Crippen LogP contribution is -2.16. The van der Waals surface area contributed by atoms with E-state index < -0.39 is 11.9 Å². The van der Waals surface area contributed by atoms with Gasteiger partial charge in [0.25, 0.3) is 5.91 Å². The normalized spacial score (nSPS) is 11.8. The van der Waals surface area contributed by atoms with E-state index in [-0.39, 0.29) is 11.1 Å². The van der Waals surface area contributed by atoms with E-state index >= 15 is 0 Å². The molecular formula is C13H14ClNO3. The van der Waals surface area contributed by atoms with Gasteiger partial charge in [-0.3, -0.25) is 4.79 Å². The number of halogens is 1. The van der Waals surface area contributed by atoms with Crippen LogP contribution in [0.15, 0.2) is 29.3 Å². The second-order valence-corrected chi connectivity index (χ2v) is 4.40. The third-order valence-electron chi connectivity index (χ3n) is 2.60. The number of carbonyl (C=O) groups excluding carboxylic acids is 1. The van der Waals surface area contributed by atoms with Crippen molar-refractivity contribution in [1.82, 2.24) is 0 Å². The Bertz CT molecular complexity index is 535. The molecule has 0 radical (unpaired) electrons. The van der Waals surface area contributed by atoms with Crippen LogP contribution in [-0.4, -0.2) is 17.0 Å². The highest BCUT2D eigenvalue weighted by Crippen LogP contribution is 2.23. The average molecular weight is 268 g/mol. The molecule has 0 bridgehead atoms. The summed E-state index contributed by atoms with van der Waals surface area (Å²) in [4.78, 5) is 22.5. The molecule has 4 nitrogen and oxygen atoms in total. The highest BCUT2D eigenvalue weighted by Gasteiger charge is 2.13. The van der Waals surface area contributed by atoms with Gasteiger partial charge in [0.05, 0.1) is 10.7 Å². The van der Waals surface area contributed by atoms with Crippen molar-refractivity contribution in [2.75, 3.05) is 5.32 Å². The molecule has 0 heterocycles. The zero-order valence-corrected chi connectivity index (χ0v) is 11.1. The smallest absolute Gasteiger partial charge is 0.331 e. The molecule has 18 heavy (non-hydrogen) atoms. The van der Waals surface area contributed by atoms with Gasteiger partial charge in [-0.2, -0.15) is 0 Å². The minimum Gasteiger partial charge on any atom is -0.478 e. The van der Waals surface area contributed by atoms with Gasteiger partial charge in [0.15, 0.2) is 0 Å². The Labute approximate surface area is 110 Å². The lowest BCUT2D eigenvalue weighted by molar-refractivity contribution is -0.133. The number of hydrogen-bond donors (Lipinski definition) is 2.